The van der Waals surface area contributed by atoms with Crippen molar-refractivity contribution < 1.29 is 9.18 Å². The van der Waals surface area contributed by atoms with Crippen LogP contribution in [0.5, 0.6) is 0 Å². The monoisotopic (exact) mass is 302 g/mol. The molecule has 1 aromatic carbocycles. The Bertz CT molecular complexity index is 626. The molecule has 0 aliphatic heterocycles. The van der Waals surface area contributed by atoms with Crippen molar-refractivity contribution in [3.8, 4) is 0 Å². The van der Waals surface area contributed by atoms with Gasteiger partial charge in [0.05, 0.1) is 0 Å². The summed E-state index contributed by atoms with van der Waals surface area (Å²) in [5, 5.41) is 3.04. The molecular weight excluding hydrogens is 283 g/mol. The van der Waals surface area contributed by atoms with Gasteiger partial charge in [-0.3, -0.25) is 4.79 Å². The molecule has 1 N–H and O–H groups in total. The van der Waals surface area contributed by atoms with Gasteiger partial charge in [-0.25, -0.2) is 14.4 Å². The van der Waals surface area contributed by atoms with Gasteiger partial charge in [-0.15, -0.1) is 0 Å². The van der Waals surface area contributed by atoms with E-state index in [1.165, 1.54) is 12.1 Å². The first-order valence-corrected chi connectivity index (χ1v) is 7.24. The second-order valence-electron chi connectivity index (χ2n) is 4.72. The number of carbonyl (C=O) groups is 1. The smallest absolute Gasteiger partial charge is 0.272 e. The largest absolute Gasteiger partial charge is 0.350 e. The number of hydrogen-bond acceptors (Lipinski definition) is 4. The lowest BCUT2D eigenvalue weighted by molar-refractivity contribution is 0.0767. The third-order valence-electron chi connectivity index (χ3n) is 3.29. The van der Waals surface area contributed by atoms with Crippen LogP contribution in [0.3, 0.4) is 0 Å². The number of aromatic nitrogens is 2. The Labute approximate surface area is 129 Å². The third kappa shape index (κ3) is 4.00. The standard InChI is InChI=1S/C16H19FN4O/c1-3-21(4-2)15(22)14-9-10-18-16(20-14)19-11-12-5-7-13(17)8-6-12/h5-10H,3-4,11H2,1-2H3,(H,18,19,20). The van der Waals surface area contributed by atoms with Crippen LogP contribution in [0, 0.1) is 5.82 Å². The van der Waals surface area contributed by atoms with Gasteiger partial charge in [0, 0.05) is 25.8 Å². The van der Waals surface area contributed by atoms with E-state index < -0.39 is 0 Å². The van der Waals surface area contributed by atoms with E-state index in [1.807, 2.05) is 13.8 Å². The summed E-state index contributed by atoms with van der Waals surface area (Å²) < 4.78 is 12.8. The van der Waals surface area contributed by atoms with Crippen LogP contribution in [0.25, 0.3) is 0 Å². The summed E-state index contributed by atoms with van der Waals surface area (Å²) >= 11 is 0. The fourth-order valence-corrected chi connectivity index (χ4v) is 2.02. The molecule has 2 aromatic rings. The maximum Gasteiger partial charge on any atom is 0.272 e. The molecule has 0 bridgehead atoms. The van der Waals surface area contributed by atoms with Crippen LogP contribution in [0.15, 0.2) is 36.5 Å². The van der Waals surface area contributed by atoms with Gasteiger partial charge in [-0.1, -0.05) is 12.1 Å². The first-order chi connectivity index (χ1) is 10.6. The number of carbonyl (C=O) groups excluding carboxylic acids is 1. The van der Waals surface area contributed by atoms with Crippen molar-refractivity contribution in [3.63, 3.8) is 0 Å². The Balaban J connectivity index is 2.05. The predicted octanol–water partition coefficient (Wildman–Crippen LogP) is 2.71. The van der Waals surface area contributed by atoms with E-state index in [0.29, 0.717) is 31.3 Å². The molecule has 1 aromatic heterocycles. The summed E-state index contributed by atoms with van der Waals surface area (Å²) in [6, 6.07) is 7.78. The molecule has 0 fully saturated rings. The molecular formula is C16H19FN4O. The van der Waals surface area contributed by atoms with Crippen LogP contribution >= 0.6 is 0 Å². The van der Waals surface area contributed by atoms with Gasteiger partial charge in [0.25, 0.3) is 5.91 Å². The maximum atomic E-state index is 12.8. The molecule has 5 nitrogen and oxygen atoms in total. The van der Waals surface area contributed by atoms with Crippen molar-refractivity contribution in [1.82, 2.24) is 14.9 Å². The summed E-state index contributed by atoms with van der Waals surface area (Å²) in [7, 11) is 0. The van der Waals surface area contributed by atoms with Crippen molar-refractivity contribution in [2.24, 2.45) is 0 Å². The van der Waals surface area contributed by atoms with E-state index in [9.17, 15) is 9.18 Å². The fourth-order valence-electron chi connectivity index (χ4n) is 2.02. The topological polar surface area (TPSA) is 58.1 Å². The Morgan fingerprint density at radius 3 is 2.50 bits per heavy atom. The first kappa shape index (κ1) is 15.9. The zero-order chi connectivity index (χ0) is 15.9. The van der Waals surface area contributed by atoms with Crippen LogP contribution in [-0.4, -0.2) is 33.9 Å². The Hall–Kier alpha value is -2.50. The molecule has 0 radical (unpaired) electrons. The number of benzene rings is 1. The highest BCUT2D eigenvalue weighted by atomic mass is 19.1. The minimum atomic E-state index is -0.271. The van der Waals surface area contributed by atoms with Crippen molar-refractivity contribution in [3.05, 3.63) is 53.6 Å². The zero-order valence-corrected chi connectivity index (χ0v) is 12.7. The minimum Gasteiger partial charge on any atom is -0.350 e. The van der Waals surface area contributed by atoms with Crippen LogP contribution in [-0.2, 0) is 6.54 Å². The van der Waals surface area contributed by atoms with Crippen LogP contribution < -0.4 is 5.32 Å². The quantitative estimate of drug-likeness (QED) is 0.891. The van der Waals surface area contributed by atoms with E-state index >= 15 is 0 Å². The first-order valence-electron chi connectivity index (χ1n) is 7.24. The van der Waals surface area contributed by atoms with Gasteiger partial charge in [-0.2, -0.15) is 0 Å². The zero-order valence-electron chi connectivity index (χ0n) is 12.7. The molecule has 116 valence electrons. The predicted molar refractivity (Wildman–Crippen MR) is 83.0 cm³/mol. The lowest BCUT2D eigenvalue weighted by Crippen LogP contribution is -2.31. The molecule has 0 saturated carbocycles. The van der Waals surface area contributed by atoms with E-state index in [4.69, 9.17) is 0 Å². The highest BCUT2D eigenvalue weighted by molar-refractivity contribution is 5.92. The summed E-state index contributed by atoms with van der Waals surface area (Å²) in [4.78, 5) is 22.3. The Kier molecular flexibility index (Phi) is 5.41. The van der Waals surface area contributed by atoms with Gasteiger partial charge < -0.3 is 10.2 Å². The second-order valence-corrected chi connectivity index (χ2v) is 4.72. The van der Waals surface area contributed by atoms with E-state index in [2.05, 4.69) is 15.3 Å². The molecule has 1 heterocycles. The number of hydrogen-bond donors (Lipinski definition) is 1. The van der Waals surface area contributed by atoms with Gasteiger partial charge in [0.2, 0.25) is 5.95 Å². The molecule has 0 saturated heterocycles. The van der Waals surface area contributed by atoms with E-state index in [1.54, 1.807) is 29.3 Å². The van der Waals surface area contributed by atoms with Crippen molar-refractivity contribution in [2.75, 3.05) is 18.4 Å². The second kappa shape index (κ2) is 7.49. The highest BCUT2D eigenvalue weighted by Gasteiger charge is 2.14. The lowest BCUT2D eigenvalue weighted by Gasteiger charge is -2.18. The summed E-state index contributed by atoms with van der Waals surface area (Å²) in [6.07, 6.45) is 1.55. The number of nitrogens with zero attached hydrogens (tertiary/aromatic N) is 3. The number of anilines is 1. The van der Waals surface area contributed by atoms with Crippen LogP contribution in [0.2, 0.25) is 0 Å². The summed E-state index contributed by atoms with van der Waals surface area (Å²) in [5.41, 5.74) is 1.27. The molecule has 1 amide bonds. The summed E-state index contributed by atoms with van der Waals surface area (Å²) in [5.74, 6) is -0.00798. The Morgan fingerprint density at radius 1 is 1.18 bits per heavy atom. The van der Waals surface area contributed by atoms with Crippen molar-refractivity contribution >= 4 is 11.9 Å². The molecule has 2 rings (SSSR count). The molecule has 0 aliphatic rings. The molecule has 6 heteroatoms. The average Bonchev–Trinajstić information content (AvgIpc) is 2.55. The molecule has 22 heavy (non-hydrogen) atoms. The molecule has 0 aliphatic carbocycles. The number of nitrogens with one attached hydrogen (secondary N) is 1. The highest BCUT2D eigenvalue weighted by Crippen LogP contribution is 2.08. The fraction of sp³-hybridized carbons (Fsp3) is 0.312. The maximum absolute atomic E-state index is 12.8. The molecule has 0 spiro atoms. The Morgan fingerprint density at radius 2 is 1.86 bits per heavy atom. The third-order valence-corrected chi connectivity index (χ3v) is 3.29. The van der Waals surface area contributed by atoms with Gasteiger partial charge in [0.15, 0.2) is 0 Å². The van der Waals surface area contributed by atoms with E-state index in [0.717, 1.165) is 5.56 Å². The number of amides is 1. The van der Waals surface area contributed by atoms with Gasteiger partial charge in [-0.05, 0) is 37.6 Å². The normalized spacial score (nSPS) is 10.3. The van der Waals surface area contributed by atoms with Gasteiger partial charge in [0.1, 0.15) is 11.5 Å². The van der Waals surface area contributed by atoms with Crippen molar-refractivity contribution in [1.29, 1.82) is 0 Å². The van der Waals surface area contributed by atoms with E-state index in [-0.39, 0.29) is 11.7 Å². The van der Waals surface area contributed by atoms with Gasteiger partial charge >= 0.3 is 0 Å². The number of rotatable bonds is 6. The lowest BCUT2D eigenvalue weighted by atomic mass is 10.2. The molecule has 0 unspecified atom stereocenters. The van der Waals surface area contributed by atoms with Crippen LogP contribution in [0.1, 0.15) is 29.9 Å². The minimum absolute atomic E-state index is 0.114. The average molecular weight is 302 g/mol. The summed E-state index contributed by atoms with van der Waals surface area (Å²) in [6.45, 7) is 5.59. The van der Waals surface area contributed by atoms with Crippen LogP contribution in [0.4, 0.5) is 10.3 Å². The SMILES string of the molecule is CCN(CC)C(=O)c1ccnc(NCc2ccc(F)cc2)n1. The van der Waals surface area contributed by atoms with Crippen molar-refractivity contribution in [2.45, 2.75) is 20.4 Å². The molecule has 0 atom stereocenters. The number of halogens is 1.